The van der Waals surface area contributed by atoms with Gasteiger partial charge in [0.05, 0.1) is 6.04 Å². The molecular formula is C13H14BrF2N. The number of nitrogens with two attached hydrogens (primary N) is 1. The highest BCUT2D eigenvalue weighted by Gasteiger charge is 2.21. The Morgan fingerprint density at radius 1 is 1.18 bits per heavy atom. The van der Waals surface area contributed by atoms with E-state index in [4.69, 9.17) is 5.73 Å². The highest BCUT2D eigenvalue weighted by Crippen LogP contribution is 2.32. The van der Waals surface area contributed by atoms with E-state index >= 15 is 0 Å². The molecule has 0 amide bonds. The van der Waals surface area contributed by atoms with Crippen LogP contribution in [0.1, 0.15) is 37.3 Å². The Balaban J connectivity index is 2.36. The second-order valence-electron chi connectivity index (χ2n) is 4.29. The van der Waals surface area contributed by atoms with Gasteiger partial charge in [0.15, 0.2) is 0 Å². The molecule has 92 valence electrons. The summed E-state index contributed by atoms with van der Waals surface area (Å²) in [6.07, 6.45) is 5.95. The minimum absolute atomic E-state index is 0.0265. The number of rotatable bonds is 2. The van der Waals surface area contributed by atoms with Crippen molar-refractivity contribution in [3.05, 3.63) is 45.5 Å². The first-order chi connectivity index (χ1) is 8.09. The highest BCUT2D eigenvalue weighted by molar-refractivity contribution is 9.10. The van der Waals surface area contributed by atoms with E-state index in [0.29, 0.717) is 4.47 Å². The van der Waals surface area contributed by atoms with Gasteiger partial charge in [0, 0.05) is 10.0 Å². The molecule has 1 aliphatic carbocycles. The summed E-state index contributed by atoms with van der Waals surface area (Å²) in [5.41, 5.74) is 6.87. The quantitative estimate of drug-likeness (QED) is 0.813. The summed E-state index contributed by atoms with van der Waals surface area (Å²) >= 11 is 3.06. The molecule has 0 radical (unpaired) electrons. The Kier molecular flexibility index (Phi) is 3.94. The van der Waals surface area contributed by atoms with Crippen LogP contribution in [0.4, 0.5) is 8.78 Å². The monoisotopic (exact) mass is 301 g/mol. The Morgan fingerprint density at radius 2 is 1.82 bits per heavy atom. The van der Waals surface area contributed by atoms with Gasteiger partial charge in [-0.05, 0) is 37.8 Å². The fourth-order valence-corrected chi connectivity index (χ4v) is 2.58. The van der Waals surface area contributed by atoms with Crippen molar-refractivity contribution >= 4 is 15.9 Å². The fraction of sp³-hybridized carbons (Fsp3) is 0.385. The van der Waals surface area contributed by atoms with Crippen molar-refractivity contribution < 1.29 is 8.78 Å². The van der Waals surface area contributed by atoms with Crippen LogP contribution in [0.2, 0.25) is 0 Å². The number of allylic oxidation sites excluding steroid dienone is 1. The van der Waals surface area contributed by atoms with E-state index in [-0.39, 0.29) is 5.56 Å². The fourth-order valence-electron chi connectivity index (χ4n) is 2.18. The van der Waals surface area contributed by atoms with Gasteiger partial charge in [0.25, 0.3) is 0 Å². The molecule has 0 heterocycles. The van der Waals surface area contributed by atoms with Crippen LogP contribution in [-0.4, -0.2) is 0 Å². The van der Waals surface area contributed by atoms with E-state index in [9.17, 15) is 8.78 Å². The molecule has 1 atom stereocenters. The number of hydrogen-bond donors (Lipinski definition) is 1. The van der Waals surface area contributed by atoms with Gasteiger partial charge in [-0.25, -0.2) is 8.78 Å². The lowest BCUT2D eigenvalue weighted by Gasteiger charge is -2.21. The molecule has 17 heavy (non-hydrogen) atoms. The van der Waals surface area contributed by atoms with Crippen LogP contribution in [0.5, 0.6) is 0 Å². The van der Waals surface area contributed by atoms with Gasteiger partial charge in [-0.2, -0.15) is 0 Å². The normalized spacial score (nSPS) is 17.8. The van der Waals surface area contributed by atoms with Crippen molar-refractivity contribution in [2.45, 2.75) is 31.7 Å². The van der Waals surface area contributed by atoms with Crippen LogP contribution >= 0.6 is 15.9 Å². The van der Waals surface area contributed by atoms with Crippen molar-refractivity contribution in [1.82, 2.24) is 0 Å². The molecule has 1 nitrogen and oxygen atoms in total. The molecule has 0 aromatic heterocycles. The molecule has 1 unspecified atom stereocenters. The zero-order valence-corrected chi connectivity index (χ0v) is 10.9. The second kappa shape index (κ2) is 5.27. The molecule has 4 heteroatoms. The van der Waals surface area contributed by atoms with Crippen molar-refractivity contribution in [3.8, 4) is 0 Å². The van der Waals surface area contributed by atoms with E-state index in [0.717, 1.165) is 31.3 Å². The van der Waals surface area contributed by atoms with Crippen molar-refractivity contribution in [3.63, 3.8) is 0 Å². The van der Waals surface area contributed by atoms with Crippen molar-refractivity contribution in [1.29, 1.82) is 0 Å². The average molecular weight is 302 g/mol. The van der Waals surface area contributed by atoms with Gasteiger partial charge in [-0.15, -0.1) is 0 Å². The summed E-state index contributed by atoms with van der Waals surface area (Å²) in [5.74, 6) is -1.17. The minimum atomic E-state index is -0.664. The van der Waals surface area contributed by atoms with Crippen LogP contribution in [0.25, 0.3) is 0 Å². The summed E-state index contributed by atoms with van der Waals surface area (Å²) in [4.78, 5) is 0. The zero-order valence-electron chi connectivity index (χ0n) is 9.35. The first kappa shape index (κ1) is 12.7. The van der Waals surface area contributed by atoms with E-state index in [1.165, 1.54) is 12.1 Å². The smallest absolute Gasteiger partial charge is 0.132 e. The maximum Gasteiger partial charge on any atom is 0.132 e. The molecule has 0 saturated heterocycles. The molecule has 2 rings (SSSR count). The lowest BCUT2D eigenvalue weighted by molar-refractivity contribution is 0.530. The van der Waals surface area contributed by atoms with Gasteiger partial charge in [0.1, 0.15) is 11.6 Å². The summed E-state index contributed by atoms with van der Waals surface area (Å²) in [6.45, 7) is 0. The van der Waals surface area contributed by atoms with Crippen LogP contribution in [-0.2, 0) is 0 Å². The molecule has 0 spiro atoms. The molecule has 1 aromatic carbocycles. The zero-order chi connectivity index (χ0) is 12.4. The minimum Gasteiger partial charge on any atom is -0.320 e. The second-order valence-corrected chi connectivity index (χ2v) is 5.20. The first-order valence-corrected chi connectivity index (χ1v) is 6.48. The summed E-state index contributed by atoms with van der Waals surface area (Å²) in [7, 11) is 0. The average Bonchev–Trinajstić information content (AvgIpc) is 2.28. The molecule has 0 fully saturated rings. The predicted molar refractivity (Wildman–Crippen MR) is 67.5 cm³/mol. The van der Waals surface area contributed by atoms with Crippen LogP contribution in [0.15, 0.2) is 28.3 Å². The highest BCUT2D eigenvalue weighted by atomic mass is 79.9. The van der Waals surface area contributed by atoms with Gasteiger partial charge >= 0.3 is 0 Å². The maximum absolute atomic E-state index is 13.7. The van der Waals surface area contributed by atoms with E-state index in [1.807, 2.05) is 6.08 Å². The maximum atomic E-state index is 13.7. The molecule has 2 N–H and O–H groups in total. The molecule has 1 aliphatic rings. The third-order valence-electron chi connectivity index (χ3n) is 3.08. The third kappa shape index (κ3) is 2.75. The topological polar surface area (TPSA) is 26.0 Å². The standard InChI is InChI=1S/C13H14BrF2N/c14-9-6-10(15)12(11(16)7-9)13(17)8-4-2-1-3-5-8/h4,6-7,13H,1-3,5,17H2. The third-order valence-corrected chi connectivity index (χ3v) is 3.54. The Hall–Kier alpha value is -0.740. The molecule has 0 aliphatic heterocycles. The SMILES string of the molecule is NC(C1=CCCCC1)c1c(F)cc(Br)cc1F. The van der Waals surface area contributed by atoms with Crippen LogP contribution < -0.4 is 5.73 Å². The summed E-state index contributed by atoms with van der Waals surface area (Å²) < 4.78 is 27.9. The lowest BCUT2D eigenvalue weighted by Crippen LogP contribution is -2.18. The Bertz CT molecular complexity index is 434. The predicted octanol–water partition coefficient (Wildman–Crippen LogP) is 4.23. The number of benzene rings is 1. The number of halogens is 3. The Morgan fingerprint density at radius 3 is 2.35 bits per heavy atom. The summed E-state index contributed by atoms with van der Waals surface area (Å²) in [6, 6.07) is 1.84. The molecule has 1 aromatic rings. The molecule has 0 bridgehead atoms. The number of hydrogen-bond acceptors (Lipinski definition) is 1. The van der Waals surface area contributed by atoms with Crippen molar-refractivity contribution in [2.24, 2.45) is 5.73 Å². The molecule has 0 saturated carbocycles. The van der Waals surface area contributed by atoms with Gasteiger partial charge < -0.3 is 5.73 Å². The Labute approximate surface area is 108 Å². The lowest BCUT2D eigenvalue weighted by atomic mass is 9.90. The van der Waals surface area contributed by atoms with E-state index < -0.39 is 17.7 Å². The van der Waals surface area contributed by atoms with Crippen LogP contribution in [0, 0.1) is 11.6 Å². The van der Waals surface area contributed by atoms with Gasteiger partial charge in [-0.1, -0.05) is 27.6 Å². The first-order valence-electron chi connectivity index (χ1n) is 5.68. The van der Waals surface area contributed by atoms with Crippen molar-refractivity contribution in [2.75, 3.05) is 0 Å². The van der Waals surface area contributed by atoms with E-state index in [1.54, 1.807) is 0 Å². The summed E-state index contributed by atoms with van der Waals surface area (Å²) in [5, 5.41) is 0. The largest absolute Gasteiger partial charge is 0.320 e. The van der Waals surface area contributed by atoms with Gasteiger partial charge in [-0.3, -0.25) is 0 Å². The molecular weight excluding hydrogens is 288 g/mol. The van der Waals surface area contributed by atoms with Crippen LogP contribution in [0.3, 0.4) is 0 Å². The van der Waals surface area contributed by atoms with E-state index in [2.05, 4.69) is 15.9 Å². The van der Waals surface area contributed by atoms with Gasteiger partial charge in [0.2, 0.25) is 0 Å².